The molecule has 0 aromatic heterocycles. The Hall–Kier alpha value is -1.88. The van der Waals surface area contributed by atoms with Crippen LogP contribution in [0.25, 0.3) is 6.08 Å². The summed E-state index contributed by atoms with van der Waals surface area (Å²) < 4.78 is 0. The molecule has 0 unspecified atom stereocenters. The highest BCUT2D eigenvalue weighted by Gasteiger charge is 1.92. The van der Waals surface area contributed by atoms with Crippen molar-refractivity contribution in [3.63, 3.8) is 0 Å². The number of Topliss-reactive ketones (excluding diaryl/α,β-unsaturated/α-hetero) is 1. The zero-order chi connectivity index (χ0) is 9.52. The molecule has 0 aliphatic heterocycles. The average molecular weight is 171 g/mol. The smallest absolute Gasteiger partial charge is 0.235 e. The van der Waals surface area contributed by atoms with Crippen LogP contribution in [0, 0.1) is 11.3 Å². The van der Waals surface area contributed by atoms with Gasteiger partial charge in [-0.15, -0.1) is 0 Å². The number of benzene rings is 1. The van der Waals surface area contributed by atoms with Crippen molar-refractivity contribution < 1.29 is 4.79 Å². The van der Waals surface area contributed by atoms with Gasteiger partial charge in [0.25, 0.3) is 0 Å². The van der Waals surface area contributed by atoms with Gasteiger partial charge in [0.05, 0.1) is 0 Å². The number of allylic oxidation sites excluding steroid dienone is 1. The quantitative estimate of drug-likeness (QED) is 0.654. The largest absolute Gasteiger partial charge is 0.282 e. The van der Waals surface area contributed by atoms with Crippen molar-refractivity contribution in [2.45, 2.75) is 6.42 Å². The Balaban J connectivity index is 2.51. The second-order valence-corrected chi connectivity index (χ2v) is 2.55. The molecule has 0 heterocycles. The summed E-state index contributed by atoms with van der Waals surface area (Å²) >= 11 is 0. The number of hydrogen-bond acceptors (Lipinski definition) is 2. The Morgan fingerprint density at radius 1 is 1.38 bits per heavy atom. The Labute approximate surface area is 77.1 Å². The Bertz CT molecular complexity index is 346. The Morgan fingerprint density at radius 3 is 2.69 bits per heavy atom. The lowest BCUT2D eigenvalue weighted by Gasteiger charge is -1.89. The SMILES string of the molecule is N#CC(=O)CC=Cc1ccccc1. The van der Waals surface area contributed by atoms with Gasteiger partial charge in [-0.2, -0.15) is 5.26 Å². The third kappa shape index (κ3) is 3.35. The molecule has 0 saturated carbocycles. The fourth-order valence-electron chi connectivity index (χ4n) is 0.912. The van der Waals surface area contributed by atoms with Crippen molar-refractivity contribution >= 4 is 11.9 Å². The van der Waals surface area contributed by atoms with Gasteiger partial charge in [0, 0.05) is 6.42 Å². The molecule has 0 radical (unpaired) electrons. The lowest BCUT2D eigenvalue weighted by molar-refractivity contribution is -0.113. The summed E-state index contributed by atoms with van der Waals surface area (Å²) in [7, 11) is 0. The van der Waals surface area contributed by atoms with Crippen LogP contribution in [0.15, 0.2) is 36.4 Å². The van der Waals surface area contributed by atoms with Crippen LogP contribution in [0.4, 0.5) is 0 Å². The number of nitriles is 1. The Morgan fingerprint density at radius 2 is 2.08 bits per heavy atom. The molecule has 13 heavy (non-hydrogen) atoms. The molecule has 0 fully saturated rings. The Kier molecular flexibility index (Phi) is 3.46. The summed E-state index contributed by atoms with van der Waals surface area (Å²) in [6.07, 6.45) is 3.71. The third-order valence-electron chi connectivity index (χ3n) is 1.54. The summed E-state index contributed by atoms with van der Waals surface area (Å²) in [5.41, 5.74) is 1.04. The fraction of sp³-hybridized carbons (Fsp3) is 0.0909. The first-order chi connectivity index (χ1) is 6.33. The molecule has 0 aliphatic carbocycles. The number of rotatable bonds is 3. The van der Waals surface area contributed by atoms with E-state index in [-0.39, 0.29) is 6.42 Å². The van der Waals surface area contributed by atoms with Gasteiger partial charge in [-0.05, 0) is 5.56 Å². The van der Waals surface area contributed by atoms with E-state index in [1.54, 1.807) is 12.1 Å². The van der Waals surface area contributed by atoms with Crippen molar-refractivity contribution in [1.29, 1.82) is 5.26 Å². The molecule has 64 valence electrons. The van der Waals surface area contributed by atoms with Crippen LogP contribution in [-0.2, 0) is 4.79 Å². The van der Waals surface area contributed by atoms with E-state index in [0.29, 0.717) is 0 Å². The normalized spacial score (nSPS) is 9.77. The molecule has 1 rings (SSSR count). The number of carbonyl (C=O) groups is 1. The maximum atomic E-state index is 10.6. The van der Waals surface area contributed by atoms with Crippen molar-refractivity contribution in [1.82, 2.24) is 0 Å². The number of carbonyl (C=O) groups excluding carboxylic acids is 1. The lowest BCUT2D eigenvalue weighted by atomic mass is 10.2. The van der Waals surface area contributed by atoms with Crippen LogP contribution in [0.3, 0.4) is 0 Å². The summed E-state index contributed by atoms with van der Waals surface area (Å²) in [5.74, 6) is -0.410. The van der Waals surface area contributed by atoms with Gasteiger partial charge in [-0.25, -0.2) is 0 Å². The molecule has 0 atom stereocenters. The van der Waals surface area contributed by atoms with Gasteiger partial charge >= 0.3 is 0 Å². The van der Waals surface area contributed by atoms with Crippen LogP contribution in [0.2, 0.25) is 0 Å². The first-order valence-electron chi connectivity index (χ1n) is 3.97. The molecule has 0 spiro atoms. The van der Waals surface area contributed by atoms with Gasteiger partial charge in [0.1, 0.15) is 6.07 Å². The number of ketones is 1. The molecule has 0 bridgehead atoms. The number of nitrogens with zero attached hydrogens (tertiary/aromatic N) is 1. The predicted octanol–water partition coefficient (Wildman–Crippen LogP) is 2.18. The minimum absolute atomic E-state index is 0.186. The van der Waals surface area contributed by atoms with Crippen molar-refractivity contribution in [2.24, 2.45) is 0 Å². The van der Waals surface area contributed by atoms with Crippen LogP contribution >= 0.6 is 0 Å². The highest BCUT2D eigenvalue weighted by molar-refractivity contribution is 5.94. The number of hydrogen-bond donors (Lipinski definition) is 0. The van der Waals surface area contributed by atoms with E-state index in [0.717, 1.165) is 5.56 Å². The molecule has 0 aliphatic rings. The van der Waals surface area contributed by atoms with Gasteiger partial charge in [0.15, 0.2) is 0 Å². The van der Waals surface area contributed by atoms with Gasteiger partial charge in [0.2, 0.25) is 5.78 Å². The zero-order valence-corrected chi connectivity index (χ0v) is 7.10. The maximum absolute atomic E-state index is 10.6. The monoisotopic (exact) mass is 171 g/mol. The van der Waals surface area contributed by atoms with E-state index in [1.807, 2.05) is 36.4 Å². The molecule has 2 heteroatoms. The maximum Gasteiger partial charge on any atom is 0.235 e. The second-order valence-electron chi connectivity index (χ2n) is 2.55. The average Bonchev–Trinajstić information content (AvgIpc) is 2.19. The lowest BCUT2D eigenvalue weighted by Crippen LogP contribution is -1.87. The van der Waals surface area contributed by atoms with Crippen LogP contribution in [-0.4, -0.2) is 5.78 Å². The van der Waals surface area contributed by atoms with Crippen molar-refractivity contribution in [3.05, 3.63) is 42.0 Å². The summed E-state index contributed by atoms with van der Waals surface area (Å²) in [6.45, 7) is 0. The van der Waals surface area contributed by atoms with Gasteiger partial charge < -0.3 is 0 Å². The molecule has 1 aromatic rings. The van der Waals surface area contributed by atoms with E-state index >= 15 is 0 Å². The van der Waals surface area contributed by atoms with Gasteiger partial charge in [-0.1, -0.05) is 42.5 Å². The predicted molar refractivity (Wildman–Crippen MR) is 50.7 cm³/mol. The molecule has 1 aromatic carbocycles. The topological polar surface area (TPSA) is 40.9 Å². The highest BCUT2D eigenvalue weighted by atomic mass is 16.1. The molecule has 2 nitrogen and oxygen atoms in total. The minimum atomic E-state index is -0.410. The first-order valence-corrected chi connectivity index (χ1v) is 3.97. The van der Waals surface area contributed by atoms with Crippen molar-refractivity contribution in [3.8, 4) is 6.07 Å². The van der Waals surface area contributed by atoms with E-state index < -0.39 is 5.78 Å². The van der Waals surface area contributed by atoms with E-state index in [1.165, 1.54) is 0 Å². The standard InChI is InChI=1S/C11H9NO/c12-9-11(13)8-4-7-10-5-2-1-3-6-10/h1-7H,8H2. The summed E-state index contributed by atoms with van der Waals surface area (Å²) in [6, 6.07) is 11.2. The molecule has 0 saturated heterocycles. The summed E-state index contributed by atoms with van der Waals surface area (Å²) in [5, 5.41) is 8.20. The van der Waals surface area contributed by atoms with Crippen LogP contribution in [0.1, 0.15) is 12.0 Å². The van der Waals surface area contributed by atoms with Crippen molar-refractivity contribution in [2.75, 3.05) is 0 Å². The highest BCUT2D eigenvalue weighted by Crippen LogP contribution is 2.01. The van der Waals surface area contributed by atoms with E-state index in [9.17, 15) is 4.79 Å². The van der Waals surface area contributed by atoms with E-state index in [2.05, 4.69) is 0 Å². The minimum Gasteiger partial charge on any atom is -0.282 e. The second kappa shape index (κ2) is 4.89. The van der Waals surface area contributed by atoms with Crippen LogP contribution in [0.5, 0.6) is 0 Å². The molecular weight excluding hydrogens is 162 g/mol. The summed E-state index contributed by atoms with van der Waals surface area (Å²) in [4.78, 5) is 10.6. The third-order valence-corrected chi connectivity index (χ3v) is 1.54. The first kappa shape index (κ1) is 9.21. The van der Waals surface area contributed by atoms with E-state index in [4.69, 9.17) is 5.26 Å². The molecule has 0 amide bonds. The van der Waals surface area contributed by atoms with Crippen LogP contribution < -0.4 is 0 Å². The van der Waals surface area contributed by atoms with Gasteiger partial charge in [-0.3, -0.25) is 4.79 Å². The fourth-order valence-corrected chi connectivity index (χ4v) is 0.912. The molecule has 0 N–H and O–H groups in total. The zero-order valence-electron chi connectivity index (χ0n) is 7.10. The molecular formula is C11H9NO.